The van der Waals surface area contributed by atoms with Crippen LogP contribution < -0.4 is 26.2 Å². The van der Waals surface area contributed by atoms with Gasteiger partial charge in [-0.05, 0) is 118 Å². The lowest BCUT2D eigenvalue weighted by Gasteiger charge is -2.50. The van der Waals surface area contributed by atoms with E-state index in [0.29, 0.717) is 0 Å². The largest absolute Gasteiger partial charge is 0.334 e. The van der Waals surface area contributed by atoms with Crippen molar-refractivity contribution < 1.29 is 0 Å². The molecule has 2 unspecified atom stereocenters. The Morgan fingerprint density at radius 2 is 1.31 bits per heavy atom. The molecular formula is C60H56BN3. The molecule has 1 saturated carbocycles. The van der Waals surface area contributed by atoms with Crippen LogP contribution in [0.25, 0.3) is 38.8 Å². The predicted molar refractivity (Wildman–Crippen MR) is 272 cm³/mol. The van der Waals surface area contributed by atoms with Crippen molar-refractivity contribution in [3.8, 4) is 27.9 Å². The summed E-state index contributed by atoms with van der Waals surface area (Å²) in [5.41, 5.74) is 25.4. The van der Waals surface area contributed by atoms with E-state index < -0.39 is 0 Å². The first kappa shape index (κ1) is 38.2. The second-order valence-electron chi connectivity index (χ2n) is 21.7. The van der Waals surface area contributed by atoms with Gasteiger partial charge in [0.2, 0.25) is 0 Å². The molecule has 7 aromatic carbocycles. The van der Waals surface area contributed by atoms with Crippen LogP contribution in [0.5, 0.6) is 0 Å². The lowest BCUT2D eigenvalue weighted by atomic mass is 9.33. The molecule has 13 rings (SSSR count). The van der Waals surface area contributed by atoms with E-state index in [-0.39, 0.29) is 28.5 Å². The van der Waals surface area contributed by atoms with E-state index in [0.717, 1.165) is 6.42 Å². The van der Waals surface area contributed by atoms with Crippen LogP contribution in [-0.4, -0.2) is 16.8 Å². The number of rotatable bonds is 3. The second-order valence-corrected chi connectivity index (χ2v) is 21.7. The summed E-state index contributed by atoms with van der Waals surface area (Å²) in [5, 5.41) is 1.36. The number of aryl methyl sites for hydroxylation is 1. The minimum absolute atomic E-state index is 0.0349. The topological polar surface area (TPSA) is 11.4 Å². The summed E-state index contributed by atoms with van der Waals surface area (Å²) in [6.07, 6.45) is 4.88. The van der Waals surface area contributed by atoms with Gasteiger partial charge in [0.15, 0.2) is 0 Å². The highest BCUT2D eigenvalue weighted by Gasteiger charge is 2.58. The van der Waals surface area contributed by atoms with Crippen LogP contribution in [0.15, 0.2) is 146 Å². The van der Waals surface area contributed by atoms with Gasteiger partial charge in [0, 0.05) is 67.0 Å². The van der Waals surface area contributed by atoms with Crippen molar-refractivity contribution in [2.75, 3.05) is 9.80 Å². The van der Waals surface area contributed by atoms with Crippen molar-refractivity contribution in [3.05, 3.63) is 174 Å². The zero-order chi connectivity index (χ0) is 43.7. The van der Waals surface area contributed by atoms with Crippen LogP contribution in [-0.2, 0) is 16.2 Å². The van der Waals surface area contributed by atoms with Crippen molar-refractivity contribution >= 4 is 62.4 Å². The molecule has 0 spiro atoms. The van der Waals surface area contributed by atoms with Crippen molar-refractivity contribution in [2.45, 2.75) is 103 Å². The van der Waals surface area contributed by atoms with Crippen LogP contribution in [0, 0.1) is 6.92 Å². The average molecular weight is 830 g/mol. The Kier molecular flexibility index (Phi) is 7.60. The SMILES string of the molecule is Cc1cc2c3c(c1)-n1c4c(c5cccc(c51)B3c1ccc(N3c5ccc(C(C)(C)C)cc5C5(C)CCCCC35C)cc1N2c1ccccc1-c1ccccc1)-c1ccccc1C4(C)C. The summed E-state index contributed by atoms with van der Waals surface area (Å²) in [6.45, 7) is 19.5. The lowest BCUT2D eigenvalue weighted by Crippen LogP contribution is -2.61. The molecule has 0 N–H and O–H groups in total. The Hall–Kier alpha value is -6.26. The molecule has 2 aliphatic carbocycles. The molecule has 4 heteroatoms. The van der Waals surface area contributed by atoms with E-state index in [1.807, 2.05) is 0 Å². The summed E-state index contributed by atoms with van der Waals surface area (Å²) in [4.78, 5) is 5.43. The van der Waals surface area contributed by atoms with Gasteiger partial charge in [0.1, 0.15) is 0 Å². The van der Waals surface area contributed by atoms with E-state index in [2.05, 4.69) is 215 Å². The zero-order valence-electron chi connectivity index (χ0n) is 38.6. The van der Waals surface area contributed by atoms with Crippen molar-refractivity contribution in [1.29, 1.82) is 0 Å². The minimum atomic E-state index is -0.170. The fourth-order valence-electron chi connectivity index (χ4n) is 13.6. The zero-order valence-corrected chi connectivity index (χ0v) is 38.6. The van der Waals surface area contributed by atoms with Gasteiger partial charge >= 0.3 is 0 Å². The molecule has 3 nitrogen and oxygen atoms in total. The Morgan fingerprint density at radius 3 is 2.12 bits per heavy atom. The van der Waals surface area contributed by atoms with Gasteiger partial charge in [0.25, 0.3) is 6.71 Å². The number of nitrogens with zero attached hydrogens (tertiary/aromatic N) is 3. The quantitative estimate of drug-likeness (QED) is 0.164. The summed E-state index contributed by atoms with van der Waals surface area (Å²) < 4.78 is 2.70. The third kappa shape index (κ3) is 4.74. The number of benzene rings is 7. The van der Waals surface area contributed by atoms with Crippen LogP contribution in [0.1, 0.15) is 102 Å². The number of hydrogen-bond acceptors (Lipinski definition) is 2. The Labute approximate surface area is 379 Å². The van der Waals surface area contributed by atoms with Gasteiger partial charge in [-0.2, -0.15) is 0 Å². The molecule has 314 valence electrons. The molecule has 5 aliphatic rings. The van der Waals surface area contributed by atoms with Crippen molar-refractivity contribution in [2.24, 2.45) is 0 Å². The molecule has 0 saturated heterocycles. The normalized spacial score (nSPS) is 20.7. The number of para-hydroxylation sites is 2. The summed E-state index contributed by atoms with van der Waals surface area (Å²) >= 11 is 0. The van der Waals surface area contributed by atoms with Gasteiger partial charge in [-0.1, -0.05) is 164 Å². The van der Waals surface area contributed by atoms with E-state index in [9.17, 15) is 0 Å². The van der Waals surface area contributed by atoms with Gasteiger partial charge in [-0.3, -0.25) is 0 Å². The molecular weight excluding hydrogens is 773 g/mol. The third-order valence-electron chi connectivity index (χ3n) is 16.9. The molecule has 0 radical (unpaired) electrons. The van der Waals surface area contributed by atoms with Crippen LogP contribution in [0.2, 0.25) is 0 Å². The minimum Gasteiger partial charge on any atom is -0.334 e. The molecule has 1 fully saturated rings. The van der Waals surface area contributed by atoms with Crippen LogP contribution in [0.4, 0.5) is 28.4 Å². The first-order chi connectivity index (χ1) is 30.8. The molecule has 1 aromatic heterocycles. The molecule has 64 heavy (non-hydrogen) atoms. The van der Waals surface area contributed by atoms with Crippen molar-refractivity contribution in [1.82, 2.24) is 4.57 Å². The molecule has 0 amide bonds. The molecule has 4 heterocycles. The molecule has 3 aliphatic heterocycles. The fraction of sp³-hybridized carbons (Fsp3) is 0.267. The highest BCUT2D eigenvalue weighted by atomic mass is 15.3. The number of aromatic nitrogens is 1. The van der Waals surface area contributed by atoms with Gasteiger partial charge in [-0.25, -0.2) is 0 Å². The maximum Gasteiger partial charge on any atom is 0.252 e. The standard InChI is InChI=1S/C60H56BN3/c1-37-33-51-54-52(34-37)63-55-43(53-42-22-12-14-24-44(42)58(5,6)56(53)63)23-18-25-47(55)61(54)46-29-28-40(36-50(46)62(51)48-26-15-13-21-41(48)38-19-10-9-11-20-38)64-49-30-27-39(57(2,3)4)35-45(49)59(7)31-16-17-32-60(59,64)8/h9-15,18-30,33-36H,16-17,31-32H2,1-8H3. The van der Waals surface area contributed by atoms with E-state index in [4.69, 9.17) is 0 Å². The number of anilines is 5. The van der Waals surface area contributed by atoms with E-state index in [1.165, 1.54) is 131 Å². The monoisotopic (exact) mass is 829 g/mol. The molecule has 0 bridgehead atoms. The highest BCUT2D eigenvalue weighted by molar-refractivity contribution is 7.00. The lowest BCUT2D eigenvalue weighted by molar-refractivity contribution is 0.195. The first-order valence-electron chi connectivity index (χ1n) is 23.8. The predicted octanol–water partition coefficient (Wildman–Crippen LogP) is 13.6. The smallest absolute Gasteiger partial charge is 0.252 e. The fourth-order valence-corrected chi connectivity index (χ4v) is 13.6. The van der Waals surface area contributed by atoms with Crippen molar-refractivity contribution in [3.63, 3.8) is 0 Å². The van der Waals surface area contributed by atoms with E-state index in [1.54, 1.807) is 0 Å². The summed E-state index contributed by atoms with van der Waals surface area (Å²) in [7, 11) is 0. The molecule has 8 aromatic rings. The second kappa shape index (κ2) is 12.7. The maximum atomic E-state index is 2.78. The molecule has 2 atom stereocenters. The average Bonchev–Trinajstić information content (AvgIpc) is 3.84. The summed E-state index contributed by atoms with van der Waals surface area (Å²) in [5.74, 6) is 0. The van der Waals surface area contributed by atoms with Gasteiger partial charge < -0.3 is 14.4 Å². The number of fused-ring (bicyclic) bond motifs is 12. The summed E-state index contributed by atoms with van der Waals surface area (Å²) in [6, 6.07) is 56.4. The van der Waals surface area contributed by atoms with Crippen LogP contribution in [0.3, 0.4) is 0 Å². The Morgan fingerprint density at radius 1 is 0.578 bits per heavy atom. The highest BCUT2D eigenvalue weighted by Crippen LogP contribution is 2.62. The Bertz CT molecular complexity index is 3310. The van der Waals surface area contributed by atoms with Gasteiger partial charge in [0.05, 0.1) is 11.2 Å². The first-order valence-corrected chi connectivity index (χ1v) is 23.8. The third-order valence-corrected chi connectivity index (χ3v) is 16.9. The Balaban J connectivity index is 1.12. The maximum absolute atomic E-state index is 2.78. The number of hydrogen-bond donors (Lipinski definition) is 0. The van der Waals surface area contributed by atoms with Crippen LogP contribution >= 0.6 is 0 Å². The van der Waals surface area contributed by atoms with E-state index >= 15 is 0 Å². The van der Waals surface area contributed by atoms with Gasteiger partial charge in [-0.15, -0.1) is 0 Å².